The number of hydrogen-bond acceptors (Lipinski definition) is 3. The molecule has 106 valence electrons. The van der Waals surface area contributed by atoms with Gasteiger partial charge in [-0.05, 0) is 17.8 Å². The third kappa shape index (κ3) is 4.63. The summed E-state index contributed by atoms with van der Waals surface area (Å²) in [4.78, 5) is 10.5. The quantitative estimate of drug-likeness (QED) is 0.654. The van der Waals surface area contributed by atoms with Gasteiger partial charge in [0, 0.05) is 18.1 Å². The Kier molecular flexibility index (Phi) is 5.06. The van der Waals surface area contributed by atoms with Crippen molar-refractivity contribution >= 4 is 5.69 Å². The average Bonchev–Trinajstić information content (AvgIpc) is 2.27. The predicted molar refractivity (Wildman–Crippen MR) is 76.0 cm³/mol. The standard InChI is InChI=1S/C15H23NO3/c1-11(15(2,3)4)9-13(17)10-12-7-5-6-8-14(12)16(18)19/h5-8,11,13,17H,9-10H2,1-4H3. The minimum absolute atomic E-state index is 0.0879. The van der Waals surface area contributed by atoms with Crippen molar-refractivity contribution in [3.8, 4) is 0 Å². The van der Waals surface area contributed by atoms with E-state index in [1.54, 1.807) is 18.2 Å². The van der Waals surface area contributed by atoms with Crippen LogP contribution in [0.5, 0.6) is 0 Å². The maximum Gasteiger partial charge on any atom is 0.272 e. The van der Waals surface area contributed by atoms with Crippen LogP contribution in [-0.2, 0) is 6.42 Å². The molecule has 0 aliphatic heterocycles. The molecule has 2 atom stereocenters. The molecule has 2 unspecified atom stereocenters. The van der Waals surface area contributed by atoms with Gasteiger partial charge in [0.25, 0.3) is 5.69 Å². The van der Waals surface area contributed by atoms with Crippen LogP contribution in [-0.4, -0.2) is 16.1 Å². The minimum Gasteiger partial charge on any atom is -0.393 e. The summed E-state index contributed by atoms with van der Waals surface area (Å²) in [6.45, 7) is 8.50. The fraction of sp³-hybridized carbons (Fsp3) is 0.600. The topological polar surface area (TPSA) is 63.4 Å². The van der Waals surface area contributed by atoms with Gasteiger partial charge in [0.15, 0.2) is 0 Å². The molecule has 0 aromatic heterocycles. The largest absolute Gasteiger partial charge is 0.393 e. The van der Waals surface area contributed by atoms with Gasteiger partial charge in [0.1, 0.15) is 0 Å². The van der Waals surface area contributed by atoms with Crippen molar-refractivity contribution < 1.29 is 10.0 Å². The Morgan fingerprint density at radius 2 is 1.89 bits per heavy atom. The van der Waals surface area contributed by atoms with Crippen LogP contribution in [0.25, 0.3) is 0 Å². The maximum atomic E-state index is 10.9. The second kappa shape index (κ2) is 6.15. The molecular formula is C15H23NO3. The summed E-state index contributed by atoms with van der Waals surface area (Å²) in [7, 11) is 0. The number of benzene rings is 1. The van der Waals surface area contributed by atoms with Gasteiger partial charge in [-0.3, -0.25) is 10.1 Å². The zero-order valence-electron chi connectivity index (χ0n) is 12.1. The summed E-state index contributed by atoms with van der Waals surface area (Å²) < 4.78 is 0. The van der Waals surface area contributed by atoms with Crippen LogP contribution in [0.2, 0.25) is 0 Å². The van der Waals surface area contributed by atoms with E-state index in [0.717, 1.165) is 0 Å². The Balaban J connectivity index is 2.72. The molecule has 0 aliphatic rings. The van der Waals surface area contributed by atoms with Gasteiger partial charge >= 0.3 is 0 Å². The number of nitro groups is 1. The Hall–Kier alpha value is -1.42. The zero-order valence-corrected chi connectivity index (χ0v) is 12.1. The lowest BCUT2D eigenvalue weighted by Gasteiger charge is -2.29. The van der Waals surface area contributed by atoms with E-state index in [-0.39, 0.29) is 11.1 Å². The summed E-state index contributed by atoms with van der Waals surface area (Å²) in [5.74, 6) is 0.352. The Morgan fingerprint density at radius 3 is 2.42 bits per heavy atom. The molecule has 19 heavy (non-hydrogen) atoms. The molecule has 0 bridgehead atoms. The van der Waals surface area contributed by atoms with Crippen molar-refractivity contribution in [2.45, 2.75) is 46.6 Å². The average molecular weight is 265 g/mol. The van der Waals surface area contributed by atoms with Crippen LogP contribution >= 0.6 is 0 Å². The summed E-state index contributed by atoms with van der Waals surface area (Å²) in [6.07, 6.45) is 0.433. The zero-order chi connectivity index (χ0) is 14.6. The lowest BCUT2D eigenvalue weighted by atomic mass is 9.78. The summed E-state index contributed by atoms with van der Waals surface area (Å²) >= 11 is 0. The number of aliphatic hydroxyl groups excluding tert-OH is 1. The summed E-state index contributed by atoms with van der Waals surface area (Å²) in [5.41, 5.74) is 0.815. The van der Waals surface area contributed by atoms with Gasteiger partial charge in [-0.25, -0.2) is 0 Å². The molecule has 0 fully saturated rings. The highest BCUT2D eigenvalue weighted by atomic mass is 16.6. The molecule has 0 saturated carbocycles. The Morgan fingerprint density at radius 1 is 1.32 bits per heavy atom. The fourth-order valence-electron chi connectivity index (χ4n) is 1.96. The van der Waals surface area contributed by atoms with Crippen molar-refractivity contribution in [1.82, 2.24) is 0 Å². The SMILES string of the molecule is CC(CC(O)Cc1ccccc1[N+](=O)[O-])C(C)(C)C. The lowest BCUT2D eigenvalue weighted by Crippen LogP contribution is -2.24. The highest BCUT2D eigenvalue weighted by Gasteiger charge is 2.24. The molecule has 0 amide bonds. The summed E-state index contributed by atoms with van der Waals surface area (Å²) in [6, 6.07) is 6.60. The fourth-order valence-corrected chi connectivity index (χ4v) is 1.96. The molecule has 1 rings (SSSR count). The van der Waals surface area contributed by atoms with E-state index in [0.29, 0.717) is 24.3 Å². The van der Waals surface area contributed by atoms with E-state index >= 15 is 0 Å². The monoisotopic (exact) mass is 265 g/mol. The van der Waals surface area contributed by atoms with Crippen LogP contribution in [0.3, 0.4) is 0 Å². The molecule has 0 saturated heterocycles. The minimum atomic E-state index is -0.546. The van der Waals surface area contributed by atoms with E-state index < -0.39 is 11.0 Å². The van der Waals surface area contributed by atoms with Gasteiger partial charge in [-0.15, -0.1) is 0 Å². The maximum absolute atomic E-state index is 10.9. The van der Waals surface area contributed by atoms with E-state index in [1.807, 2.05) is 0 Å². The van der Waals surface area contributed by atoms with Crippen LogP contribution in [0.1, 0.15) is 39.7 Å². The van der Waals surface area contributed by atoms with Crippen molar-refractivity contribution in [3.63, 3.8) is 0 Å². The van der Waals surface area contributed by atoms with Gasteiger partial charge < -0.3 is 5.11 Å². The number of hydrogen-bond donors (Lipinski definition) is 1. The molecule has 0 heterocycles. The highest BCUT2D eigenvalue weighted by molar-refractivity contribution is 5.40. The first-order chi connectivity index (χ1) is 8.71. The van der Waals surface area contributed by atoms with Gasteiger partial charge in [-0.2, -0.15) is 0 Å². The van der Waals surface area contributed by atoms with Crippen LogP contribution in [0.4, 0.5) is 5.69 Å². The third-order valence-electron chi connectivity index (χ3n) is 3.75. The molecular weight excluding hydrogens is 242 g/mol. The third-order valence-corrected chi connectivity index (χ3v) is 3.75. The van der Waals surface area contributed by atoms with Gasteiger partial charge in [0.05, 0.1) is 11.0 Å². The van der Waals surface area contributed by atoms with Crippen molar-refractivity contribution in [3.05, 3.63) is 39.9 Å². The van der Waals surface area contributed by atoms with E-state index in [4.69, 9.17) is 0 Å². The molecule has 4 heteroatoms. The van der Waals surface area contributed by atoms with Crippen LogP contribution < -0.4 is 0 Å². The van der Waals surface area contributed by atoms with Gasteiger partial charge in [0.2, 0.25) is 0 Å². The first kappa shape index (κ1) is 15.6. The van der Waals surface area contributed by atoms with Crippen LogP contribution in [0, 0.1) is 21.4 Å². The molecule has 1 N–H and O–H groups in total. The second-order valence-corrected chi connectivity index (χ2v) is 6.25. The smallest absolute Gasteiger partial charge is 0.272 e. The van der Waals surface area contributed by atoms with E-state index in [9.17, 15) is 15.2 Å². The van der Waals surface area contributed by atoms with Crippen LogP contribution in [0.15, 0.2) is 24.3 Å². The first-order valence-electron chi connectivity index (χ1n) is 6.62. The van der Waals surface area contributed by atoms with Crippen molar-refractivity contribution in [2.75, 3.05) is 0 Å². The number of aliphatic hydroxyl groups is 1. The first-order valence-corrected chi connectivity index (χ1v) is 6.62. The number of nitro benzene ring substituents is 1. The molecule has 4 nitrogen and oxygen atoms in total. The summed E-state index contributed by atoms with van der Waals surface area (Å²) in [5, 5.41) is 21.0. The predicted octanol–water partition coefficient (Wildman–Crippen LogP) is 3.57. The van der Waals surface area contributed by atoms with Gasteiger partial charge in [-0.1, -0.05) is 45.9 Å². The number of nitrogens with zero attached hydrogens (tertiary/aromatic N) is 1. The van der Waals surface area contributed by atoms with E-state index in [2.05, 4.69) is 27.7 Å². The van der Waals surface area contributed by atoms with E-state index in [1.165, 1.54) is 6.07 Å². The molecule has 1 aromatic rings. The van der Waals surface area contributed by atoms with Crippen molar-refractivity contribution in [2.24, 2.45) is 11.3 Å². The Labute approximate surface area is 114 Å². The molecule has 0 spiro atoms. The number of para-hydroxylation sites is 1. The second-order valence-electron chi connectivity index (χ2n) is 6.25. The normalized spacial score (nSPS) is 15.0. The Bertz CT molecular complexity index is 437. The lowest BCUT2D eigenvalue weighted by molar-refractivity contribution is -0.385. The molecule has 0 aliphatic carbocycles. The molecule has 1 aromatic carbocycles. The molecule has 0 radical (unpaired) electrons. The highest BCUT2D eigenvalue weighted by Crippen LogP contribution is 2.30. The van der Waals surface area contributed by atoms with Crippen molar-refractivity contribution in [1.29, 1.82) is 0 Å². The number of rotatable bonds is 5.